The van der Waals surface area contributed by atoms with Gasteiger partial charge in [-0.2, -0.15) is 5.10 Å². The molecule has 2 N–H and O–H groups in total. The van der Waals surface area contributed by atoms with Crippen LogP contribution in [0.2, 0.25) is 0 Å². The van der Waals surface area contributed by atoms with E-state index in [1.165, 1.54) is 23.6 Å². The maximum Gasteiger partial charge on any atom is 0.291 e. The van der Waals surface area contributed by atoms with Crippen molar-refractivity contribution in [2.45, 2.75) is 0 Å². The van der Waals surface area contributed by atoms with Gasteiger partial charge >= 0.3 is 0 Å². The highest BCUT2D eigenvalue weighted by molar-refractivity contribution is 6.07. The molecule has 28 heavy (non-hydrogen) atoms. The molecule has 0 saturated heterocycles. The highest BCUT2D eigenvalue weighted by Gasteiger charge is 2.13. The predicted molar refractivity (Wildman–Crippen MR) is 100 cm³/mol. The standard InChI is InChI=1S/C19H14N6O3/c26-18(24-15-6-2-8-21-17(15)25-12-20-11-22-25)13-4-1-5-14(10-13)23-19(27)16-7-3-9-28-16/h1-12H,(H,23,27)(H,24,26). The van der Waals surface area contributed by atoms with E-state index in [0.29, 0.717) is 22.8 Å². The van der Waals surface area contributed by atoms with Crippen molar-refractivity contribution < 1.29 is 14.0 Å². The highest BCUT2D eigenvalue weighted by atomic mass is 16.3. The van der Waals surface area contributed by atoms with Gasteiger partial charge in [-0.1, -0.05) is 6.07 Å². The molecule has 0 unspecified atom stereocenters. The lowest BCUT2D eigenvalue weighted by Crippen LogP contribution is -2.16. The van der Waals surface area contributed by atoms with E-state index in [1.54, 1.807) is 54.7 Å². The number of aromatic nitrogens is 4. The second kappa shape index (κ2) is 7.54. The van der Waals surface area contributed by atoms with Crippen LogP contribution in [0.5, 0.6) is 0 Å². The van der Waals surface area contributed by atoms with Gasteiger partial charge in [-0.3, -0.25) is 9.59 Å². The molecule has 4 rings (SSSR count). The van der Waals surface area contributed by atoms with Crippen molar-refractivity contribution in [3.8, 4) is 5.82 Å². The Morgan fingerprint density at radius 1 is 1.00 bits per heavy atom. The van der Waals surface area contributed by atoms with Crippen LogP contribution in [0.4, 0.5) is 11.4 Å². The Bertz CT molecular complexity index is 1110. The zero-order chi connectivity index (χ0) is 19.3. The smallest absolute Gasteiger partial charge is 0.291 e. The van der Waals surface area contributed by atoms with Crippen molar-refractivity contribution in [1.82, 2.24) is 19.7 Å². The Hall–Kier alpha value is -4.27. The molecule has 9 heteroatoms. The number of carbonyl (C=O) groups is 2. The summed E-state index contributed by atoms with van der Waals surface area (Å²) in [6.45, 7) is 0. The molecule has 2 amide bonds. The topological polar surface area (TPSA) is 115 Å². The fraction of sp³-hybridized carbons (Fsp3) is 0. The lowest BCUT2D eigenvalue weighted by atomic mass is 10.2. The fourth-order valence-corrected chi connectivity index (χ4v) is 2.53. The van der Waals surface area contributed by atoms with E-state index < -0.39 is 5.91 Å². The molecule has 0 bridgehead atoms. The Morgan fingerprint density at radius 2 is 1.93 bits per heavy atom. The van der Waals surface area contributed by atoms with Crippen LogP contribution in [-0.2, 0) is 0 Å². The molecule has 9 nitrogen and oxygen atoms in total. The van der Waals surface area contributed by atoms with Gasteiger partial charge in [0.1, 0.15) is 12.7 Å². The molecule has 0 saturated carbocycles. The molecule has 3 aromatic heterocycles. The number of pyridine rings is 1. The molecule has 3 heterocycles. The molecule has 0 aliphatic heterocycles. The molecule has 4 aromatic rings. The van der Waals surface area contributed by atoms with Gasteiger partial charge in [0, 0.05) is 17.4 Å². The van der Waals surface area contributed by atoms with Crippen molar-refractivity contribution in [1.29, 1.82) is 0 Å². The lowest BCUT2D eigenvalue weighted by Gasteiger charge is -2.10. The monoisotopic (exact) mass is 374 g/mol. The van der Waals surface area contributed by atoms with Crippen LogP contribution in [0.1, 0.15) is 20.9 Å². The van der Waals surface area contributed by atoms with Crippen molar-refractivity contribution in [3.63, 3.8) is 0 Å². The maximum absolute atomic E-state index is 12.7. The predicted octanol–water partition coefficient (Wildman–Crippen LogP) is 2.76. The number of furan rings is 1. The van der Waals surface area contributed by atoms with Crippen molar-refractivity contribution in [2.24, 2.45) is 0 Å². The molecule has 0 aliphatic carbocycles. The second-order valence-corrected chi connectivity index (χ2v) is 5.68. The summed E-state index contributed by atoms with van der Waals surface area (Å²) in [4.78, 5) is 32.9. The SMILES string of the molecule is O=C(Nc1cccnc1-n1cncn1)c1cccc(NC(=O)c2ccco2)c1. The number of rotatable bonds is 5. The van der Waals surface area contributed by atoms with E-state index in [2.05, 4.69) is 25.7 Å². The number of amides is 2. The van der Waals surface area contributed by atoms with Gasteiger partial charge in [-0.25, -0.2) is 14.6 Å². The van der Waals surface area contributed by atoms with Crippen LogP contribution in [0, 0.1) is 0 Å². The summed E-state index contributed by atoms with van der Waals surface area (Å²) < 4.78 is 6.52. The zero-order valence-corrected chi connectivity index (χ0v) is 14.4. The molecular formula is C19H14N6O3. The number of hydrogen-bond donors (Lipinski definition) is 2. The molecule has 0 aliphatic rings. The highest BCUT2D eigenvalue weighted by Crippen LogP contribution is 2.18. The quantitative estimate of drug-likeness (QED) is 0.555. The summed E-state index contributed by atoms with van der Waals surface area (Å²) in [6, 6.07) is 13.2. The first-order chi connectivity index (χ1) is 13.7. The van der Waals surface area contributed by atoms with Gasteiger partial charge in [-0.05, 0) is 42.5 Å². The summed E-state index contributed by atoms with van der Waals surface area (Å²) >= 11 is 0. The van der Waals surface area contributed by atoms with Gasteiger partial charge in [0.05, 0.1) is 12.0 Å². The summed E-state index contributed by atoms with van der Waals surface area (Å²) in [7, 11) is 0. The number of nitrogens with zero attached hydrogens (tertiary/aromatic N) is 4. The third-order valence-electron chi connectivity index (χ3n) is 3.80. The van der Waals surface area contributed by atoms with E-state index in [0.717, 1.165) is 0 Å². The lowest BCUT2D eigenvalue weighted by molar-refractivity contribution is 0.0993. The van der Waals surface area contributed by atoms with E-state index >= 15 is 0 Å². The Morgan fingerprint density at radius 3 is 2.71 bits per heavy atom. The molecule has 0 atom stereocenters. The normalized spacial score (nSPS) is 10.4. The van der Waals surface area contributed by atoms with E-state index in [1.807, 2.05) is 0 Å². The summed E-state index contributed by atoms with van der Waals surface area (Å²) in [5, 5.41) is 9.53. The second-order valence-electron chi connectivity index (χ2n) is 5.68. The van der Waals surface area contributed by atoms with Crippen molar-refractivity contribution in [2.75, 3.05) is 10.6 Å². The maximum atomic E-state index is 12.7. The Balaban J connectivity index is 1.53. The Labute approximate surface area is 159 Å². The zero-order valence-electron chi connectivity index (χ0n) is 14.4. The van der Waals surface area contributed by atoms with Crippen LogP contribution in [-0.4, -0.2) is 31.6 Å². The summed E-state index contributed by atoms with van der Waals surface area (Å²) in [5.41, 5.74) is 1.31. The number of benzene rings is 1. The number of carbonyl (C=O) groups excluding carboxylic acids is 2. The third-order valence-corrected chi connectivity index (χ3v) is 3.80. The third kappa shape index (κ3) is 3.63. The minimum atomic E-state index is -0.400. The average molecular weight is 374 g/mol. The minimum absolute atomic E-state index is 0.183. The van der Waals surface area contributed by atoms with Gasteiger partial charge < -0.3 is 15.1 Å². The first-order valence-corrected chi connectivity index (χ1v) is 8.27. The fourth-order valence-electron chi connectivity index (χ4n) is 2.53. The van der Waals surface area contributed by atoms with Crippen molar-refractivity contribution >= 4 is 23.2 Å². The van der Waals surface area contributed by atoms with Gasteiger partial charge in [0.2, 0.25) is 0 Å². The molecule has 0 radical (unpaired) electrons. The van der Waals surface area contributed by atoms with Crippen LogP contribution in [0.25, 0.3) is 5.82 Å². The number of hydrogen-bond acceptors (Lipinski definition) is 6. The average Bonchev–Trinajstić information content (AvgIpc) is 3.43. The van der Waals surface area contributed by atoms with Gasteiger partial charge in [0.15, 0.2) is 11.6 Å². The number of anilines is 2. The van der Waals surface area contributed by atoms with Crippen LogP contribution >= 0.6 is 0 Å². The minimum Gasteiger partial charge on any atom is -0.459 e. The number of nitrogens with one attached hydrogen (secondary N) is 2. The van der Waals surface area contributed by atoms with Crippen molar-refractivity contribution in [3.05, 3.63) is 85.0 Å². The molecule has 0 spiro atoms. The molecule has 138 valence electrons. The Kier molecular flexibility index (Phi) is 4.62. The van der Waals surface area contributed by atoms with Crippen LogP contribution in [0.3, 0.4) is 0 Å². The van der Waals surface area contributed by atoms with E-state index in [-0.39, 0.29) is 11.7 Å². The largest absolute Gasteiger partial charge is 0.459 e. The van der Waals surface area contributed by atoms with Gasteiger partial charge in [0.25, 0.3) is 11.8 Å². The molecular weight excluding hydrogens is 360 g/mol. The molecule has 1 aromatic carbocycles. The van der Waals surface area contributed by atoms with Crippen LogP contribution in [0.15, 0.2) is 78.1 Å². The summed E-state index contributed by atoms with van der Waals surface area (Å²) in [5.74, 6) is -0.134. The van der Waals surface area contributed by atoms with Crippen LogP contribution < -0.4 is 10.6 Å². The molecule has 0 fully saturated rings. The first-order valence-electron chi connectivity index (χ1n) is 8.27. The van der Waals surface area contributed by atoms with E-state index in [9.17, 15) is 9.59 Å². The van der Waals surface area contributed by atoms with E-state index in [4.69, 9.17) is 4.42 Å². The van der Waals surface area contributed by atoms with Gasteiger partial charge in [-0.15, -0.1) is 0 Å². The summed E-state index contributed by atoms with van der Waals surface area (Å²) in [6.07, 6.45) is 5.88. The first kappa shape index (κ1) is 17.2.